The average Bonchev–Trinajstić information content (AvgIpc) is 3.02. The number of rotatable bonds is 12. The SMILES string of the molecule is CCOc1ccc(Cc2cc(C3=C[C@H](CC)[C@@H](C)[C@H](OCc4ccccc4)[C@H]3OCc3ccccc3)ccc2Cl)cc1. The Kier molecular flexibility index (Phi) is 10.5. The third-order valence-corrected chi connectivity index (χ3v) is 8.60. The molecule has 1 aliphatic carbocycles. The van der Waals surface area contributed by atoms with E-state index in [-0.39, 0.29) is 12.2 Å². The highest BCUT2D eigenvalue weighted by atomic mass is 35.5. The van der Waals surface area contributed by atoms with Gasteiger partial charge in [-0.25, -0.2) is 0 Å². The molecule has 218 valence electrons. The fourth-order valence-electron chi connectivity index (χ4n) is 5.85. The molecule has 0 aromatic heterocycles. The normalized spacial score (nSPS) is 20.2. The van der Waals surface area contributed by atoms with E-state index in [4.69, 9.17) is 25.8 Å². The Morgan fingerprint density at radius 3 is 1.98 bits per heavy atom. The Morgan fingerprint density at radius 1 is 0.714 bits per heavy atom. The Labute approximate surface area is 256 Å². The summed E-state index contributed by atoms with van der Waals surface area (Å²) in [6.45, 7) is 8.28. The van der Waals surface area contributed by atoms with Crippen LogP contribution in [0.5, 0.6) is 5.75 Å². The van der Waals surface area contributed by atoms with Crippen molar-refractivity contribution in [3.63, 3.8) is 0 Å². The Bertz CT molecular complexity index is 1430. The van der Waals surface area contributed by atoms with Gasteiger partial charge in [-0.1, -0.05) is 110 Å². The largest absolute Gasteiger partial charge is 0.494 e. The van der Waals surface area contributed by atoms with E-state index in [1.807, 2.05) is 37.3 Å². The smallest absolute Gasteiger partial charge is 0.119 e. The molecule has 0 spiro atoms. The summed E-state index contributed by atoms with van der Waals surface area (Å²) < 4.78 is 19.2. The summed E-state index contributed by atoms with van der Waals surface area (Å²) in [5.41, 5.74) is 6.91. The van der Waals surface area contributed by atoms with Crippen LogP contribution in [0.25, 0.3) is 5.57 Å². The number of hydrogen-bond donors (Lipinski definition) is 0. The quantitative estimate of drug-likeness (QED) is 0.167. The molecule has 42 heavy (non-hydrogen) atoms. The minimum absolute atomic E-state index is 0.0934. The third kappa shape index (κ3) is 7.52. The van der Waals surface area contributed by atoms with Gasteiger partial charge >= 0.3 is 0 Å². The van der Waals surface area contributed by atoms with Gasteiger partial charge in [0.25, 0.3) is 0 Å². The van der Waals surface area contributed by atoms with Crippen LogP contribution in [0, 0.1) is 11.8 Å². The number of hydrogen-bond acceptors (Lipinski definition) is 3. The number of allylic oxidation sites excluding steroid dienone is 1. The van der Waals surface area contributed by atoms with E-state index >= 15 is 0 Å². The summed E-state index contributed by atoms with van der Waals surface area (Å²) in [5.74, 6) is 1.56. The molecule has 4 aromatic rings. The molecule has 4 aromatic carbocycles. The van der Waals surface area contributed by atoms with E-state index in [2.05, 4.69) is 92.7 Å². The van der Waals surface area contributed by atoms with Crippen LogP contribution in [0.15, 0.2) is 109 Å². The van der Waals surface area contributed by atoms with E-state index in [1.54, 1.807) is 0 Å². The number of ether oxygens (including phenoxy) is 3. The lowest BCUT2D eigenvalue weighted by Gasteiger charge is -2.41. The lowest BCUT2D eigenvalue weighted by molar-refractivity contribution is -0.0952. The summed E-state index contributed by atoms with van der Waals surface area (Å²) in [4.78, 5) is 0. The topological polar surface area (TPSA) is 27.7 Å². The van der Waals surface area contributed by atoms with E-state index < -0.39 is 0 Å². The first-order valence-electron chi connectivity index (χ1n) is 15.1. The van der Waals surface area contributed by atoms with Gasteiger partial charge in [0.05, 0.1) is 25.9 Å². The van der Waals surface area contributed by atoms with Crippen LogP contribution < -0.4 is 4.74 Å². The average molecular weight is 581 g/mol. The second-order valence-corrected chi connectivity index (χ2v) is 11.5. The van der Waals surface area contributed by atoms with Crippen LogP contribution in [-0.2, 0) is 29.1 Å². The summed E-state index contributed by atoms with van der Waals surface area (Å²) >= 11 is 6.77. The molecule has 0 amide bonds. The maximum Gasteiger partial charge on any atom is 0.119 e. The molecule has 4 heteroatoms. The molecule has 0 radical (unpaired) electrons. The molecule has 0 N–H and O–H groups in total. The summed E-state index contributed by atoms with van der Waals surface area (Å²) in [6.07, 6.45) is 3.89. The van der Waals surface area contributed by atoms with E-state index in [0.717, 1.165) is 40.3 Å². The summed E-state index contributed by atoms with van der Waals surface area (Å²) in [6, 6.07) is 35.4. The minimum atomic E-state index is -0.216. The van der Waals surface area contributed by atoms with Crippen molar-refractivity contribution in [1.29, 1.82) is 0 Å². The Morgan fingerprint density at radius 2 is 1.36 bits per heavy atom. The Balaban J connectivity index is 1.47. The van der Waals surface area contributed by atoms with Crippen molar-refractivity contribution in [2.24, 2.45) is 11.8 Å². The zero-order valence-electron chi connectivity index (χ0n) is 24.8. The molecule has 0 bridgehead atoms. The molecule has 0 unspecified atom stereocenters. The van der Waals surface area contributed by atoms with Gasteiger partial charge in [0.15, 0.2) is 0 Å². The highest BCUT2D eigenvalue weighted by molar-refractivity contribution is 6.31. The van der Waals surface area contributed by atoms with E-state index in [1.165, 1.54) is 16.7 Å². The van der Waals surface area contributed by atoms with Gasteiger partial charge in [-0.15, -0.1) is 0 Å². The number of halogens is 1. The monoisotopic (exact) mass is 580 g/mol. The van der Waals surface area contributed by atoms with Crippen molar-refractivity contribution in [1.82, 2.24) is 0 Å². The predicted molar refractivity (Wildman–Crippen MR) is 173 cm³/mol. The molecule has 1 aliphatic rings. The fraction of sp³-hybridized carbons (Fsp3) is 0.316. The van der Waals surface area contributed by atoms with Gasteiger partial charge < -0.3 is 14.2 Å². The van der Waals surface area contributed by atoms with Crippen LogP contribution in [0.3, 0.4) is 0 Å². The second kappa shape index (κ2) is 14.7. The molecule has 5 rings (SSSR count). The second-order valence-electron chi connectivity index (χ2n) is 11.1. The zero-order valence-corrected chi connectivity index (χ0v) is 25.6. The van der Waals surface area contributed by atoms with Crippen molar-refractivity contribution in [2.45, 2.75) is 59.0 Å². The standard InChI is InChI=1S/C38H41ClO3/c1-4-31-24-35(32-18-21-36(39)33(23-32)22-28-16-19-34(20-17-28)40-5-2)38(42-26-30-14-10-7-11-15-30)37(27(31)3)41-25-29-12-8-6-9-13-29/h6-21,23-24,27,31,37-38H,4-5,22,25-26H2,1-3H3/t27-,31+,37+,38+/m1/s1. The van der Waals surface area contributed by atoms with Crippen LogP contribution in [-0.4, -0.2) is 18.8 Å². The molecule has 3 nitrogen and oxygen atoms in total. The molecule has 0 heterocycles. The highest BCUT2D eigenvalue weighted by Crippen LogP contribution is 2.41. The molecule has 4 atom stereocenters. The number of benzene rings is 4. The van der Waals surface area contributed by atoms with Crippen LogP contribution in [0.2, 0.25) is 5.02 Å². The van der Waals surface area contributed by atoms with Crippen molar-refractivity contribution >= 4 is 17.2 Å². The Hall–Kier alpha value is -3.37. The highest BCUT2D eigenvalue weighted by Gasteiger charge is 2.39. The van der Waals surface area contributed by atoms with Crippen molar-refractivity contribution in [3.8, 4) is 5.75 Å². The fourth-order valence-corrected chi connectivity index (χ4v) is 6.04. The maximum atomic E-state index is 6.78. The van der Waals surface area contributed by atoms with Crippen LogP contribution in [0.4, 0.5) is 0 Å². The minimum Gasteiger partial charge on any atom is -0.494 e. The van der Waals surface area contributed by atoms with E-state index in [0.29, 0.717) is 31.7 Å². The molecule has 0 aliphatic heterocycles. The lowest BCUT2D eigenvalue weighted by Crippen LogP contribution is -2.43. The van der Waals surface area contributed by atoms with Crippen molar-refractivity contribution in [3.05, 3.63) is 142 Å². The van der Waals surface area contributed by atoms with Crippen LogP contribution >= 0.6 is 11.6 Å². The first-order valence-corrected chi connectivity index (χ1v) is 15.5. The van der Waals surface area contributed by atoms with Gasteiger partial charge in [0.1, 0.15) is 11.9 Å². The van der Waals surface area contributed by atoms with Crippen molar-refractivity contribution < 1.29 is 14.2 Å². The molecule has 0 saturated carbocycles. The third-order valence-electron chi connectivity index (χ3n) is 8.23. The molecular weight excluding hydrogens is 540 g/mol. The first-order chi connectivity index (χ1) is 20.6. The lowest BCUT2D eigenvalue weighted by atomic mass is 9.74. The molecule has 0 saturated heterocycles. The first kappa shape index (κ1) is 30.1. The maximum absolute atomic E-state index is 6.78. The molecular formula is C38H41ClO3. The summed E-state index contributed by atoms with van der Waals surface area (Å²) in [7, 11) is 0. The van der Waals surface area contributed by atoms with Gasteiger partial charge in [0.2, 0.25) is 0 Å². The predicted octanol–water partition coefficient (Wildman–Crippen LogP) is 9.56. The summed E-state index contributed by atoms with van der Waals surface area (Å²) in [5, 5.41) is 0.767. The van der Waals surface area contributed by atoms with Crippen molar-refractivity contribution in [2.75, 3.05) is 6.61 Å². The van der Waals surface area contributed by atoms with Gasteiger partial charge in [0, 0.05) is 5.02 Å². The van der Waals surface area contributed by atoms with Gasteiger partial charge in [-0.3, -0.25) is 0 Å². The van der Waals surface area contributed by atoms with Gasteiger partial charge in [-0.05, 0) is 89.3 Å². The van der Waals surface area contributed by atoms with E-state index in [9.17, 15) is 0 Å². The van der Waals surface area contributed by atoms with Gasteiger partial charge in [-0.2, -0.15) is 0 Å². The zero-order chi connectivity index (χ0) is 29.3. The molecule has 0 fully saturated rings. The van der Waals surface area contributed by atoms with Crippen LogP contribution in [0.1, 0.15) is 55.0 Å².